The van der Waals surface area contributed by atoms with Crippen molar-refractivity contribution >= 4 is 5.82 Å². The Kier molecular flexibility index (Phi) is 2.10. The molecule has 0 amide bonds. The van der Waals surface area contributed by atoms with Gasteiger partial charge in [-0.15, -0.1) is 0 Å². The molecule has 0 radical (unpaired) electrons. The SMILES string of the molecule is [N-]=[N+]=Nc1cnc2c(n1)CCCC2. The van der Waals surface area contributed by atoms with Crippen molar-refractivity contribution in [3.63, 3.8) is 0 Å². The zero-order chi connectivity index (χ0) is 9.10. The highest BCUT2D eigenvalue weighted by atomic mass is 15.2. The Bertz CT molecular complexity index is 367. The maximum atomic E-state index is 8.21. The second-order valence-electron chi connectivity index (χ2n) is 3.02. The van der Waals surface area contributed by atoms with Gasteiger partial charge in [0.05, 0.1) is 17.6 Å². The fourth-order valence-corrected chi connectivity index (χ4v) is 1.53. The minimum atomic E-state index is 0.378. The van der Waals surface area contributed by atoms with Gasteiger partial charge in [-0.3, -0.25) is 4.98 Å². The average molecular weight is 175 g/mol. The molecule has 1 aliphatic rings. The van der Waals surface area contributed by atoms with Crippen molar-refractivity contribution < 1.29 is 0 Å². The van der Waals surface area contributed by atoms with Crippen molar-refractivity contribution in [2.75, 3.05) is 0 Å². The zero-order valence-electron chi connectivity index (χ0n) is 7.14. The summed E-state index contributed by atoms with van der Waals surface area (Å²) in [6.45, 7) is 0. The molecular weight excluding hydrogens is 166 g/mol. The first-order valence-corrected chi connectivity index (χ1v) is 4.30. The second-order valence-corrected chi connectivity index (χ2v) is 3.02. The van der Waals surface area contributed by atoms with Crippen molar-refractivity contribution in [2.24, 2.45) is 5.11 Å². The maximum absolute atomic E-state index is 8.21. The van der Waals surface area contributed by atoms with Crippen LogP contribution in [0.25, 0.3) is 10.4 Å². The topological polar surface area (TPSA) is 74.5 Å². The van der Waals surface area contributed by atoms with Crippen LogP contribution in [0.4, 0.5) is 5.82 Å². The van der Waals surface area contributed by atoms with Crippen LogP contribution in [-0.2, 0) is 12.8 Å². The number of aryl methyl sites for hydroxylation is 2. The molecule has 2 rings (SSSR count). The van der Waals surface area contributed by atoms with Crippen LogP contribution < -0.4 is 0 Å². The molecule has 0 unspecified atom stereocenters. The molecule has 0 N–H and O–H groups in total. The average Bonchev–Trinajstić information content (AvgIpc) is 2.18. The third-order valence-corrected chi connectivity index (χ3v) is 2.14. The summed E-state index contributed by atoms with van der Waals surface area (Å²) in [6, 6.07) is 0. The van der Waals surface area contributed by atoms with Crippen molar-refractivity contribution in [1.82, 2.24) is 9.97 Å². The smallest absolute Gasteiger partial charge is 0.145 e. The predicted octanol–water partition coefficient (Wildman–Crippen LogP) is 2.30. The Morgan fingerprint density at radius 3 is 2.85 bits per heavy atom. The summed E-state index contributed by atoms with van der Waals surface area (Å²) in [4.78, 5) is 11.1. The molecule has 0 aliphatic heterocycles. The highest BCUT2D eigenvalue weighted by Gasteiger charge is 2.11. The molecule has 0 aromatic carbocycles. The molecule has 0 atom stereocenters. The van der Waals surface area contributed by atoms with Gasteiger partial charge in [-0.05, 0) is 36.3 Å². The molecule has 1 aliphatic carbocycles. The van der Waals surface area contributed by atoms with Crippen molar-refractivity contribution in [3.05, 3.63) is 28.0 Å². The van der Waals surface area contributed by atoms with Crippen LogP contribution in [0.3, 0.4) is 0 Å². The van der Waals surface area contributed by atoms with Crippen molar-refractivity contribution in [2.45, 2.75) is 25.7 Å². The van der Waals surface area contributed by atoms with Crippen LogP contribution in [0.2, 0.25) is 0 Å². The fraction of sp³-hybridized carbons (Fsp3) is 0.500. The van der Waals surface area contributed by atoms with Crippen LogP contribution in [0.5, 0.6) is 0 Å². The summed E-state index contributed by atoms with van der Waals surface area (Å²) in [6.07, 6.45) is 5.82. The molecule has 1 aromatic heterocycles. The van der Waals surface area contributed by atoms with Crippen LogP contribution in [0.1, 0.15) is 24.2 Å². The molecule has 5 nitrogen and oxygen atoms in total. The van der Waals surface area contributed by atoms with E-state index < -0.39 is 0 Å². The first-order chi connectivity index (χ1) is 6.40. The van der Waals surface area contributed by atoms with Gasteiger partial charge in [0.2, 0.25) is 0 Å². The van der Waals surface area contributed by atoms with Gasteiger partial charge in [-0.2, -0.15) is 0 Å². The lowest BCUT2D eigenvalue weighted by molar-refractivity contribution is 0.649. The van der Waals surface area contributed by atoms with Gasteiger partial charge in [0, 0.05) is 4.91 Å². The van der Waals surface area contributed by atoms with E-state index in [9.17, 15) is 0 Å². The van der Waals surface area contributed by atoms with Gasteiger partial charge in [-0.1, -0.05) is 0 Å². The van der Waals surface area contributed by atoms with E-state index in [2.05, 4.69) is 20.0 Å². The van der Waals surface area contributed by atoms with Gasteiger partial charge in [0.25, 0.3) is 0 Å². The molecule has 0 saturated heterocycles. The van der Waals surface area contributed by atoms with Gasteiger partial charge >= 0.3 is 0 Å². The standard InChI is InChI=1S/C8H9N5/c9-13-12-8-5-10-6-3-1-2-4-7(6)11-8/h5H,1-4H2. The molecule has 0 fully saturated rings. The Hall–Kier alpha value is -1.61. The van der Waals surface area contributed by atoms with Gasteiger partial charge < -0.3 is 0 Å². The highest BCUT2D eigenvalue weighted by Crippen LogP contribution is 2.19. The lowest BCUT2D eigenvalue weighted by atomic mass is 10.0. The fourth-order valence-electron chi connectivity index (χ4n) is 1.53. The molecular formula is C8H9N5. The highest BCUT2D eigenvalue weighted by molar-refractivity contribution is 5.28. The summed E-state index contributed by atoms with van der Waals surface area (Å²) in [5, 5.41) is 3.42. The largest absolute Gasteiger partial charge is 0.257 e. The summed E-state index contributed by atoms with van der Waals surface area (Å²) < 4.78 is 0. The number of fused-ring (bicyclic) bond motifs is 1. The minimum Gasteiger partial charge on any atom is -0.257 e. The van der Waals surface area contributed by atoms with E-state index in [1.807, 2.05) is 0 Å². The van der Waals surface area contributed by atoms with E-state index in [4.69, 9.17) is 5.53 Å². The molecule has 5 heteroatoms. The Balaban J connectivity index is 2.40. The molecule has 13 heavy (non-hydrogen) atoms. The molecule has 1 heterocycles. The van der Waals surface area contributed by atoms with E-state index in [-0.39, 0.29) is 0 Å². The first-order valence-electron chi connectivity index (χ1n) is 4.30. The van der Waals surface area contributed by atoms with Crippen LogP contribution in [0.15, 0.2) is 11.3 Å². The number of nitrogens with zero attached hydrogens (tertiary/aromatic N) is 5. The van der Waals surface area contributed by atoms with E-state index in [1.165, 1.54) is 12.6 Å². The third-order valence-electron chi connectivity index (χ3n) is 2.14. The number of rotatable bonds is 1. The molecule has 0 bridgehead atoms. The van der Waals surface area contributed by atoms with E-state index in [1.54, 1.807) is 0 Å². The number of azide groups is 1. The molecule has 0 spiro atoms. The van der Waals surface area contributed by atoms with Crippen LogP contribution >= 0.6 is 0 Å². The Morgan fingerprint density at radius 1 is 1.31 bits per heavy atom. The predicted molar refractivity (Wildman–Crippen MR) is 47.5 cm³/mol. The normalized spacial score (nSPS) is 14.5. The number of aromatic nitrogens is 2. The summed E-state index contributed by atoms with van der Waals surface area (Å²) in [7, 11) is 0. The van der Waals surface area contributed by atoms with E-state index in [0.29, 0.717) is 5.82 Å². The van der Waals surface area contributed by atoms with E-state index >= 15 is 0 Å². The minimum absolute atomic E-state index is 0.378. The van der Waals surface area contributed by atoms with Crippen molar-refractivity contribution in [1.29, 1.82) is 0 Å². The second kappa shape index (κ2) is 3.41. The Labute approximate surface area is 75.5 Å². The third kappa shape index (κ3) is 1.60. The summed E-state index contributed by atoms with van der Waals surface area (Å²) in [5.74, 6) is 0.378. The van der Waals surface area contributed by atoms with Crippen molar-refractivity contribution in [3.8, 4) is 0 Å². The van der Waals surface area contributed by atoms with E-state index in [0.717, 1.165) is 30.7 Å². The number of hydrogen-bond donors (Lipinski definition) is 0. The van der Waals surface area contributed by atoms with Gasteiger partial charge in [0.1, 0.15) is 5.82 Å². The molecule has 0 saturated carbocycles. The Morgan fingerprint density at radius 2 is 2.08 bits per heavy atom. The van der Waals surface area contributed by atoms with Crippen LogP contribution in [-0.4, -0.2) is 9.97 Å². The summed E-state index contributed by atoms with van der Waals surface area (Å²) in [5.41, 5.74) is 10.3. The van der Waals surface area contributed by atoms with Crippen LogP contribution in [0, 0.1) is 0 Å². The maximum Gasteiger partial charge on any atom is 0.145 e. The summed E-state index contributed by atoms with van der Waals surface area (Å²) >= 11 is 0. The molecule has 1 aromatic rings. The zero-order valence-corrected chi connectivity index (χ0v) is 7.14. The first kappa shape index (κ1) is 8.01. The molecule has 66 valence electrons. The monoisotopic (exact) mass is 175 g/mol. The quantitative estimate of drug-likeness (QED) is 0.373. The lowest BCUT2D eigenvalue weighted by Crippen LogP contribution is -2.06. The number of hydrogen-bond acceptors (Lipinski definition) is 3. The van der Waals surface area contributed by atoms with Gasteiger partial charge in [-0.25, -0.2) is 4.98 Å². The van der Waals surface area contributed by atoms with Gasteiger partial charge in [0.15, 0.2) is 0 Å². The lowest BCUT2D eigenvalue weighted by Gasteiger charge is -2.12.